The van der Waals surface area contributed by atoms with Gasteiger partial charge in [-0.05, 0) is 32.9 Å². The number of nitrogens with one attached hydrogen (secondary N) is 1. The largest absolute Gasteiger partial charge is 0.383 e. The Morgan fingerprint density at radius 3 is 2.42 bits per heavy atom. The number of hydrogen-bond donors (Lipinski definition) is 1. The smallest absolute Gasteiger partial charge is 0.317 e. The summed E-state index contributed by atoms with van der Waals surface area (Å²) in [5, 5.41) is 2.97. The number of amides is 2. The van der Waals surface area contributed by atoms with Crippen molar-refractivity contribution in [1.29, 1.82) is 0 Å². The van der Waals surface area contributed by atoms with E-state index in [1.54, 1.807) is 7.11 Å². The molecule has 0 aromatic carbocycles. The van der Waals surface area contributed by atoms with E-state index < -0.39 is 0 Å². The summed E-state index contributed by atoms with van der Waals surface area (Å²) in [6.07, 6.45) is 2.15. The number of methoxy groups -OCH3 is 1. The van der Waals surface area contributed by atoms with Crippen LogP contribution in [0.4, 0.5) is 4.79 Å². The zero-order valence-electron chi connectivity index (χ0n) is 12.8. The normalized spacial score (nSPS) is 18.7. The zero-order valence-corrected chi connectivity index (χ0v) is 12.8. The van der Waals surface area contributed by atoms with Gasteiger partial charge in [0.05, 0.1) is 12.6 Å². The van der Waals surface area contributed by atoms with Crippen LogP contribution in [-0.4, -0.2) is 67.8 Å². The van der Waals surface area contributed by atoms with E-state index in [9.17, 15) is 4.79 Å². The van der Waals surface area contributed by atoms with Crippen molar-refractivity contribution >= 4 is 6.03 Å². The molecule has 1 atom stereocenters. The Morgan fingerprint density at radius 2 is 1.95 bits per heavy atom. The van der Waals surface area contributed by atoms with Crippen molar-refractivity contribution in [3.05, 3.63) is 0 Å². The second-order valence-corrected chi connectivity index (χ2v) is 5.25. The van der Waals surface area contributed by atoms with Crippen LogP contribution in [0.3, 0.4) is 0 Å². The first-order valence-electron chi connectivity index (χ1n) is 7.40. The molecule has 1 saturated heterocycles. The number of carbonyl (C=O) groups is 1. The number of urea groups is 1. The van der Waals surface area contributed by atoms with Crippen molar-refractivity contribution in [2.75, 3.05) is 39.9 Å². The Balaban J connectivity index is 2.34. The number of piperidine rings is 1. The Morgan fingerprint density at radius 1 is 1.37 bits per heavy atom. The fourth-order valence-corrected chi connectivity index (χ4v) is 2.77. The van der Waals surface area contributed by atoms with E-state index in [0.29, 0.717) is 12.6 Å². The lowest BCUT2D eigenvalue weighted by Crippen LogP contribution is -2.51. The Bertz CT molecular complexity index is 261. The van der Waals surface area contributed by atoms with E-state index in [1.165, 1.54) is 0 Å². The van der Waals surface area contributed by atoms with Crippen molar-refractivity contribution in [3.8, 4) is 0 Å². The highest BCUT2D eigenvalue weighted by Gasteiger charge is 2.25. The number of nitrogens with zero attached hydrogens (tertiary/aromatic N) is 2. The molecule has 1 aliphatic rings. The molecule has 1 rings (SSSR count). The zero-order chi connectivity index (χ0) is 14.3. The molecule has 0 saturated carbocycles. The van der Waals surface area contributed by atoms with Gasteiger partial charge >= 0.3 is 6.03 Å². The van der Waals surface area contributed by atoms with Gasteiger partial charge in [0.2, 0.25) is 0 Å². The lowest BCUT2D eigenvalue weighted by molar-refractivity contribution is 0.119. The van der Waals surface area contributed by atoms with E-state index in [-0.39, 0.29) is 12.1 Å². The molecule has 0 unspecified atom stereocenters. The maximum absolute atomic E-state index is 12.0. The highest BCUT2D eigenvalue weighted by atomic mass is 16.5. The second-order valence-electron chi connectivity index (χ2n) is 5.25. The van der Waals surface area contributed by atoms with Crippen LogP contribution in [0.2, 0.25) is 0 Å². The van der Waals surface area contributed by atoms with Crippen LogP contribution in [0.15, 0.2) is 0 Å². The van der Waals surface area contributed by atoms with Crippen LogP contribution in [0.25, 0.3) is 0 Å². The molecule has 0 aromatic heterocycles. The Kier molecular flexibility index (Phi) is 7.16. The van der Waals surface area contributed by atoms with Crippen molar-refractivity contribution in [2.24, 2.45) is 0 Å². The molecule has 19 heavy (non-hydrogen) atoms. The van der Waals surface area contributed by atoms with E-state index in [4.69, 9.17) is 4.74 Å². The van der Waals surface area contributed by atoms with Crippen LogP contribution in [0.5, 0.6) is 0 Å². The summed E-state index contributed by atoms with van der Waals surface area (Å²) < 4.78 is 5.03. The minimum absolute atomic E-state index is 0.0440. The number of ether oxygens (including phenoxy) is 1. The summed E-state index contributed by atoms with van der Waals surface area (Å²) in [5.41, 5.74) is 0. The molecule has 0 aliphatic carbocycles. The number of rotatable bonds is 6. The predicted molar refractivity (Wildman–Crippen MR) is 77.4 cm³/mol. The summed E-state index contributed by atoms with van der Waals surface area (Å²) in [6, 6.07) is 0.746. The first kappa shape index (κ1) is 16.2. The molecule has 0 aromatic rings. The summed E-state index contributed by atoms with van der Waals surface area (Å²) in [5.74, 6) is 0. The van der Waals surface area contributed by atoms with Gasteiger partial charge in [0, 0.05) is 26.2 Å². The third kappa shape index (κ3) is 4.99. The third-order valence-electron chi connectivity index (χ3n) is 3.87. The maximum Gasteiger partial charge on any atom is 0.317 e. The highest BCUT2D eigenvalue weighted by Crippen LogP contribution is 2.16. The van der Waals surface area contributed by atoms with Crippen molar-refractivity contribution in [2.45, 2.75) is 45.7 Å². The molecule has 0 spiro atoms. The molecule has 1 fully saturated rings. The van der Waals surface area contributed by atoms with Gasteiger partial charge in [-0.25, -0.2) is 4.79 Å². The molecule has 2 amide bonds. The molecular formula is C14H29N3O2. The maximum atomic E-state index is 12.0. The summed E-state index contributed by atoms with van der Waals surface area (Å²) in [7, 11) is 1.65. The van der Waals surface area contributed by atoms with Gasteiger partial charge in [-0.1, -0.05) is 13.8 Å². The average molecular weight is 271 g/mol. The lowest BCUT2D eigenvalue weighted by atomic mass is 10.0. The SMILES string of the molecule is CCN(CC)C1CCN(C(=O)N[C@H](C)COC)CC1. The monoisotopic (exact) mass is 271 g/mol. The fraction of sp³-hybridized carbons (Fsp3) is 0.929. The molecule has 1 heterocycles. The minimum atomic E-state index is 0.0440. The Hall–Kier alpha value is -0.810. The standard InChI is InChI=1S/C14H29N3O2/c1-5-16(6-2)13-7-9-17(10-8-13)14(18)15-12(3)11-19-4/h12-13H,5-11H2,1-4H3,(H,15,18)/t12-/m1/s1. The first-order chi connectivity index (χ1) is 9.12. The number of carbonyl (C=O) groups excluding carboxylic acids is 1. The van der Waals surface area contributed by atoms with Crippen molar-refractivity contribution in [3.63, 3.8) is 0 Å². The van der Waals surface area contributed by atoms with Crippen LogP contribution >= 0.6 is 0 Å². The second kappa shape index (κ2) is 8.38. The topological polar surface area (TPSA) is 44.8 Å². The quantitative estimate of drug-likeness (QED) is 0.797. The fourth-order valence-electron chi connectivity index (χ4n) is 2.77. The van der Waals surface area contributed by atoms with Crippen LogP contribution in [0.1, 0.15) is 33.6 Å². The van der Waals surface area contributed by atoms with Gasteiger partial charge in [-0.15, -0.1) is 0 Å². The summed E-state index contributed by atoms with van der Waals surface area (Å²) in [4.78, 5) is 16.5. The molecule has 112 valence electrons. The predicted octanol–water partition coefficient (Wildman–Crippen LogP) is 1.54. The van der Waals surface area contributed by atoms with E-state index in [1.807, 2.05) is 11.8 Å². The first-order valence-corrected chi connectivity index (χ1v) is 7.40. The number of hydrogen-bond acceptors (Lipinski definition) is 3. The highest BCUT2D eigenvalue weighted by molar-refractivity contribution is 5.74. The van der Waals surface area contributed by atoms with Crippen LogP contribution in [0, 0.1) is 0 Å². The van der Waals surface area contributed by atoms with Gasteiger partial charge in [0.25, 0.3) is 0 Å². The van der Waals surface area contributed by atoms with E-state index in [0.717, 1.165) is 39.0 Å². The summed E-state index contributed by atoms with van der Waals surface area (Å²) >= 11 is 0. The van der Waals surface area contributed by atoms with E-state index in [2.05, 4.69) is 24.1 Å². The lowest BCUT2D eigenvalue weighted by Gasteiger charge is -2.38. The molecule has 0 bridgehead atoms. The molecule has 1 N–H and O–H groups in total. The Labute approximate surface area is 117 Å². The molecular weight excluding hydrogens is 242 g/mol. The van der Waals surface area contributed by atoms with Gasteiger partial charge in [0.1, 0.15) is 0 Å². The van der Waals surface area contributed by atoms with Crippen molar-refractivity contribution in [1.82, 2.24) is 15.1 Å². The van der Waals surface area contributed by atoms with Gasteiger partial charge < -0.3 is 19.9 Å². The summed E-state index contributed by atoms with van der Waals surface area (Å²) in [6.45, 7) is 10.8. The van der Waals surface area contributed by atoms with Crippen LogP contribution < -0.4 is 5.32 Å². The van der Waals surface area contributed by atoms with Crippen molar-refractivity contribution < 1.29 is 9.53 Å². The number of likely N-dealkylation sites (tertiary alicyclic amines) is 1. The molecule has 1 aliphatic heterocycles. The third-order valence-corrected chi connectivity index (χ3v) is 3.87. The molecule has 5 nitrogen and oxygen atoms in total. The minimum Gasteiger partial charge on any atom is -0.383 e. The van der Waals surface area contributed by atoms with Crippen LogP contribution in [-0.2, 0) is 4.74 Å². The molecule has 0 radical (unpaired) electrons. The average Bonchev–Trinajstić information content (AvgIpc) is 2.41. The molecule has 5 heteroatoms. The van der Waals surface area contributed by atoms with Gasteiger partial charge in [-0.2, -0.15) is 0 Å². The van der Waals surface area contributed by atoms with Gasteiger partial charge in [0.15, 0.2) is 0 Å². The van der Waals surface area contributed by atoms with Gasteiger partial charge in [-0.3, -0.25) is 0 Å². The van der Waals surface area contributed by atoms with E-state index >= 15 is 0 Å².